The van der Waals surface area contributed by atoms with Gasteiger partial charge in [-0.3, -0.25) is 4.31 Å². The summed E-state index contributed by atoms with van der Waals surface area (Å²) in [5.74, 6) is -0.529. The Balaban J connectivity index is 1.93. The van der Waals surface area contributed by atoms with Crippen LogP contribution in [0.25, 0.3) is 0 Å². The number of hydrogen-bond donors (Lipinski definition) is 1. The van der Waals surface area contributed by atoms with Gasteiger partial charge in [0.25, 0.3) is 0 Å². The highest BCUT2D eigenvalue weighted by Crippen LogP contribution is 2.26. The second-order valence-electron chi connectivity index (χ2n) is 4.17. The number of allylic oxidation sites excluding steroid dienone is 1. The first-order chi connectivity index (χ1) is 9.61. The second-order valence-corrected chi connectivity index (χ2v) is 5.84. The molecular formula is C13H14Cl2N2O2S. The van der Waals surface area contributed by atoms with E-state index in [1.54, 1.807) is 22.5 Å². The minimum Gasteiger partial charge on any atom is -0.440 e. The summed E-state index contributed by atoms with van der Waals surface area (Å²) in [5, 5.41) is 0.578. The number of hydrogen-bond acceptors (Lipinski definition) is 5. The van der Waals surface area contributed by atoms with Gasteiger partial charge in [-0.05, 0) is 18.6 Å². The molecule has 0 unspecified atom stereocenters. The second kappa shape index (κ2) is 7.11. The van der Waals surface area contributed by atoms with Gasteiger partial charge in [-0.25, -0.2) is 4.79 Å². The van der Waals surface area contributed by atoms with Crippen molar-refractivity contribution in [1.29, 1.82) is 0 Å². The Hall–Kier alpha value is -1.04. The van der Waals surface area contributed by atoms with Crippen molar-refractivity contribution in [3.8, 4) is 0 Å². The molecule has 0 atom stereocenters. The van der Waals surface area contributed by atoms with Gasteiger partial charge in [-0.2, -0.15) is 0 Å². The van der Waals surface area contributed by atoms with Crippen LogP contribution in [-0.4, -0.2) is 17.0 Å². The average Bonchev–Trinajstić information content (AvgIpc) is 2.84. The van der Waals surface area contributed by atoms with Crippen LogP contribution in [0.15, 0.2) is 30.1 Å². The maximum Gasteiger partial charge on any atom is 0.342 e. The van der Waals surface area contributed by atoms with Crippen molar-refractivity contribution in [1.82, 2.24) is 9.03 Å². The van der Waals surface area contributed by atoms with E-state index in [1.807, 2.05) is 6.20 Å². The van der Waals surface area contributed by atoms with E-state index >= 15 is 0 Å². The highest BCUT2D eigenvalue weighted by Gasteiger charge is 2.18. The molecule has 0 spiro atoms. The maximum atomic E-state index is 12.0. The summed E-state index contributed by atoms with van der Waals surface area (Å²) in [6.07, 6.45) is 3.95. The minimum absolute atomic E-state index is 0.130. The molecule has 2 rings (SSSR count). The monoisotopic (exact) mass is 332 g/mol. The van der Waals surface area contributed by atoms with E-state index in [0.717, 1.165) is 18.5 Å². The number of halogens is 2. The van der Waals surface area contributed by atoms with Gasteiger partial charge in [0.2, 0.25) is 0 Å². The third-order valence-corrected chi connectivity index (χ3v) is 4.03. The van der Waals surface area contributed by atoms with Crippen LogP contribution in [0.1, 0.15) is 30.1 Å². The molecule has 7 heteroatoms. The topological polar surface area (TPSA) is 41.6 Å². The van der Waals surface area contributed by atoms with Crippen LogP contribution in [-0.2, 0) is 4.74 Å². The zero-order valence-corrected chi connectivity index (χ0v) is 13.2. The number of carbonyl (C=O) groups is 1. The van der Waals surface area contributed by atoms with E-state index in [1.165, 1.54) is 12.1 Å². The van der Waals surface area contributed by atoms with Gasteiger partial charge in [0.05, 0.1) is 27.7 Å². The Bertz CT molecular complexity index is 517. The molecule has 1 heterocycles. The van der Waals surface area contributed by atoms with E-state index in [0.29, 0.717) is 0 Å². The molecule has 1 aromatic rings. The van der Waals surface area contributed by atoms with Crippen LogP contribution >= 0.6 is 35.3 Å². The molecule has 1 aromatic carbocycles. The number of nitrogens with one attached hydrogen (secondary N) is 1. The van der Waals surface area contributed by atoms with Crippen LogP contribution in [0.3, 0.4) is 0 Å². The Morgan fingerprint density at radius 3 is 2.75 bits per heavy atom. The molecule has 1 aliphatic rings. The molecule has 0 fully saturated rings. The van der Waals surface area contributed by atoms with Crippen LogP contribution < -0.4 is 4.72 Å². The van der Waals surface area contributed by atoms with E-state index in [2.05, 4.69) is 11.6 Å². The zero-order chi connectivity index (χ0) is 14.5. The van der Waals surface area contributed by atoms with Crippen molar-refractivity contribution in [3.05, 3.63) is 45.7 Å². The Labute approximate surface area is 132 Å². The lowest BCUT2D eigenvalue weighted by molar-refractivity contribution is 0.0422. The fourth-order valence-corrected chi connectivity index (χ4v) is 2.91. The number of esters is 1. The molecule has 20 heavy (non-hydrogen) atoms. The number of benzene rings is 1. The van der Waals surface area contributed by atoms with Gasteiger partial charge < -0.3 is 9.46 Å². The first-order valence-electron chi connectivity index (χ1n) is 6.13. The molecule has 0 aromatic heterocycles. The highest BCUT2D eigenvalue weighted by atomic mass is 35.5. The van der Waals surface area contributed by atoms with E-state index in [9.17, 15) is 4.79 Å². The quantitative estimate of drug-likeness (QED) is 0.645. The lowest BCUT2D eigenvalue weighted by Gasteiger charge is -2.13. The number of nitrogens with zero attached hydrogens (tertiary/aromatic N) is 1. The van der Waals surface area contributed by atoms with Gasteiger partial charge in [0.15, 0.2) is 6.73 Å². The summed E-state index contributed by atoms with van der Waals surface area (Å²) >= 11 is 13.3. The first kappa shape index (κ1) is 15.4. The molecule has 1 aliphatic heterocycles. The molecule has 0 amide bonds. The molecular weight excluding hydrogens is 319 g/mol. The predicted molar refractivity (Wildman–Crippen MR) is 82.3 cm³/mol. The largest absolute Gasteiger partial charge is 0.440 e. The number of carbonyl (C=O) groups excluding carboxylic acids is 1. The van der Waals surface area contributed by atoms with E-state index < -0.39 is 5.97 Å². The van der Waals surface area contributed by atoms with Crippen LogP contribution in [0.5, 0.6) is 0 Å². The highest BCUT2D eigenvalue weighted by molar-refractivity contribution is 7.95. The van der Waals surface area contributed by atoms with Crippen molar-refractivity contribution in [2.75, 3.05) is 6.73 Å². The third-order valence-electron chi connectivity index (χ3n) is 2.60. The molecule has 0 radical (unpaired) electrons. The lowest BCUT2D eigenvalue weighted by Crippen LogP contribution is -2.17. The van der Waals surface area contributed by atoms with Gasteiger partial charge in [-0.1, -0.05) is 42.6 Å². The van der Waals surface area contributed by atoms with Crippen LogP contribution in [0.4, 0.5) is 0 Å². The van der Waals surface area contributed by atoms with Crippen molar-refractivity contribution < 1.29 is 9.53 Å². The summed E-state index contributed by atoms with van der Waals surface area (Å²) in [6, 6.07) is 4.90. The molecule has 1 N–H and O–H groups in total. The normalized spacial score (nSPS) is 13.9. The van der Waals surface area contributed by atoms with E-state index in [-0.39, 0.29) is 22.3 Å². The standard InChI is InChI=1S/C13H14Cl2N2O2S/c1-2-4-9-7-17(20-16-9)8-19-13(18)12-10(14)5-3-6-11(12)15/h3,5-7,16H,2,4,8H2,1H3. The Kier molecular flexibility index (Phi) is 5.46. The van der Waals surface area contributed by atoms with Gasteiger partial charge >= 0.3 is 5.97 Å². The smallest absolute Gasteiger partial charge is 0.342 e. The number of rotatable bonds is 5. The lowest BCUT2D eigenvalue weighted by atomic mass is 10.2. The Morgan fingerprint density at radius 1 is 1.40 bits per heavy atom. The summed E-state index contributed by atoms with van der Waals surface area (Å²) in [7, 11) is 0. The molecule has 0 saturated heterocycles. The van der Waals surface area contributed by atoms with Crippen LogP contribution in [0.2, 0.25) is 10.0 Å². The molecule has 4 nitrogen and oxygen atoms in total. The summed E-state index contributed by atoms with van der Waals surface area (Å²) in [6.45, 7) is 2.24. The van der Waals surface area contributed by atoms with E-state index in [4.69, 9.17) is 27.9 Å². The SMILES string of the molecule is CCCC1=CN(COC(=O)c2c(Cl)cccc2Cl)SN1. The maximum absolute atomic E-state index is 12.0. The Morgan fingerprint density at radius 2 is 2.10 bits per heavy atom. The summed E-state index contributed by atoms with van der Waals surface area (Å²) in [4.78, 5) is 12.0. The summed E-state index contributed by atoms with van der Waals surface area (Å²) < 4.78 is 10.2. The third kappa shape index (κ3) is 3.75. The predicted octanol–water partition coefficient (Wildman–Crippen LogP) is 4.22. The average molecular weight is 333 g/mol. The van der Waals surface area contributed by atoms with Crippen LogP contribution in [0, 0.1) is 0 Å². The molecule has 108 valence electrons. The molecule has 0 saturated carbocycles. The van der Waals surface area contributed by atoms with Gasteiger partial charge in [-0.15, -0.1) is 0 Å². The molecule has 0 aliphatic carbocycles. The summed E-state index contributed by atoms with van der Waals surface area (Å²) in [5.41, 5.74) is 1.31. The van der Waals surface area contributed by atoms with Gasteiger partial charge in [0, 0.05) is 11.9 Å². The zero-order valence-electron chi connectivity index (χ0n) is 10.9. The minimum atomic E-state index is -0.529. The van der Waals surface area contributed by atoms with Crippen molar-refractivity contribution >= 4 is 41.3 Å². The fraction of sp³-hybridized carbons (Fsp3) is 0.308. The van der Waals surface area contributed by atoms with Crippen molar-refractivity contribution in [2.24, 2.45) is 0 Å². The number of ether oxygens (including phenoxy) is 1. The molecule has 0 bridgehead atoms. The van der Waals surface area contributed by atoms with Gasteiger partial charge in [0.1, 0.15) is 0 Å². The first-order valence-corrected chi connectivity index (χ1v) is 7.66. The fourth-order valence-electron chi connectivity index (χ4n) is 1.68. The van der Waals surface area contributed by atoms with Crippen molar-refractivity contribution in [3.63, 3.8) is 0 Å². The van der Waals surface area contributed by atoms with Crippen molar-refractivity contribution in [2.45, 2.75) is 19.8 Å².